The molecule has 5 nitrogen and oxygen atoms in total. The Morgan fingerprint density at radius 2 is 1.66 bits per heavy atom. The van der Waals surface area contributed by atoms with Gasteiger partial charge in [0.15, 0.2) is 0 Å². The van der Waals surface area contributed by atoms with Crippen molar-refractivity contribution in [1.29, 1.82) is 0 Å². The van der Waals surface area contributed by atoms with Gasteiger partial charge in [-0.3, -0.25) is 4.90 Å². The zero-order valence-electron chi connectivity index (χ0n) is 17.5. The number of carbonyl (C=O) groups excluding carboxylic acids is 1. The average molecular weight is 395 g/mol. The van der Waals surface area contributed by atoms with Crippen molar-refractivity contribution < 1.29 is 14.6 Å². The minimum atomic E-state index is -0.748. The standard InChI is InChI=1S/C24H30N2O3/c1-23(2,3)29-22(27)26-16-18-9-10-21(15-19(18)17-26)25-13-11-24(28,12-14-25)20-7-5-4-6-8-20/h4-10,15,28H,11-14,16-17H2,1-3H3. The fraction of sp³-hybridized carbons (Fsp3) is 0.458. The predicted molar refractivity (Wildman–Crippen MR) is 114 cm³/mol. The number of ether oxygens (including phenoxy) is 1. The summed E-state index contributed by atoms with van der Waals surface area (Å²) in [5.41, 5.74) is 3.28. The molecule has 0 aromatic heterocycles. The van der Waals surface area contributed by atoms with Crippen molar-refractivity contribution in [3.8, 4) is 0 Å². The maximum absolute atomic E-state index is 12.4. The van der Waals surface area contributed by atoms with Gasteiger partial charge in [-0.2, -0.15) is 0 Å². The first kappa shape index (κ1) is 19.8. The molecule has 2 aliphatic heterocycles. The maximum Gasteiger partial charge on any atom is 0.410 e. The van der Waals surface area contributed by atoms with E-state index in [2.05, 4.69) is 23.1 Å². The molecule has 29 heavy (non-hydrogen) atoms. The van der Waals surface area contributed by atoms with Crippen molar-refractivity contribution in [3.63, 3.8) is 0 Å². The molecule has 0 atom stereocenters. The highest BCUT2D eigenvalue weighted by Crippen LogP contribution is 2.36. The van der Waals surface area contributed by atoms with Crippen LogP contribution in [0.25, 0.3) is 0 Å². The lowest BCUT2D eigenvalue weighted by atomic mass is 9.84. The minimum Gasteiger partial charge on any atom is -0.444 e. The number of hydrogen-bond donors (Lipinski definition) is 1. The van der Waals surface area contributed by atoms with Gasteiger partial charge in [0, 0.05) is 31.9 Å². The van der Waals surface area contributed by atoms with Gasteiger partial charge in [0.1, 0.15) is 5.60 Å². The Morgan fingerprint density at radius 1 is 1.00 bits per heavy atom. The number of nitrogens with zero attached hydrogens (tertiary/aromatic N) is 2. The Morgan fingerprint density at radius 3 is 2.31 bits per heavy atom. The number of piperidine rings is 1. The van der Waals surface area contributed by atoms with Crippen molar-refractivity contribution in [2.24, 2.45) is 0 Å². The highest BCUT2D eigenvalue weighted by Gasteiger charge is 2.34. The Labute approximate surface area is 172 Å². The molecule has 0 aliphatic carbocycles. The topological polar surface area (TPSA) is 53.0 Å². The second-order valence-electron chi connectivity index (χ2n) is 9.17. The van der Waals surface area contributed by atoms with Crippen LogP contribution >= 0.6 is 0 Å². The first-order chi connectivity index (χ1) is 13.7. The molecule has 1 saturated heterocycles. The van der Waals surface area contributed by atoms with Crippen molar-refractivity contribution >= 4 is 11.8 Å². The molecule has 1 amide bonds. The lowest BCUT2D eigenvalue weighted by molar-refractivity contribution is 0.0117. The molecule has 0 radical (unpaired) electrons. The lowest BCUT2D eigenvalue weighted by Gasteiger charge is -2.39. The van der Waals surface area contributed by atoms with E-state index in [0.29, 0.717) is 25.9 Å². The second-order valence-corrected chi connectivity index (χ2v) is 9.17. The average Bonchev–Trinajstić information content (AvgIpc) is 3.12. The van der Waals surface area contributed by atoms with Crippen LogP contribution in [-0.2, 0) is 23.4 Å². The van der Waals surface area contributed by atoms with Crippen LogP contribution in [0.3, 0.4) is 0 Å². The molecule has 0 unspecified atom stereocenters. The Balaban J connectivity index is 1.42. The number of anilines is 1. The van der Waals surface area contributed by atoms with Gasteiger partial charge in [-0.25, -0.2) is 4.79 Å². The van der Waals surface area contributed by atoms with E-state index in [-0.39, 0.29) is 6.09 Å². The third-order valence-corrected chi connectivity index (χ3v) is 5.83. The van der Waals surface area contributed by atoms with Crippen molar-refractivity contribution in [1.82, 2.24) is 4.90 Å². The predicted octanol–water partition coefficient (Wildman–Crippen LogP) is 4.43. The summed E-state index contributed by atoms with van der Waals surface area (Å²) in [6, 6.07) is 16.4. The largest absolute Gasteiger partial charge is 0.444 e. The summed E-state index contributed by atoms with van der Waals surface area (Å²) in [5, 5.41) is 11.1. The highest BCUT2D eigenvalue weighted by atomic mass is 16.6. The van der Waals surface area contributed by atoms with Gasteiger partial charge in [-0.15, -0.1) is 0 Å². The van der Waals surface area contributed by atoms with Crippen LogP contribution in [0, 0.1) is 0 Å². The van der Waals surface area contributed by atoms with Gasteiger partial charge in [0.2, 0.25) is 0 Å². The van der Waals surface area contributed by atoms with Gasteiger partial charge < -0.3 is 14.7 Å². The third kappa shape index (κ3) is 4.25. The summed E-state index contributed by atoms with van der Waals surface area (Å²) in [6.45, 7) is 8.45. The molecule has 0 spiro atoms. The van der Waals surface area contributed by atoms with Gasteiger partial charge in [-0.05, 0) is 62.4 Å². The molecule has 2 aromatic carbocycles. The van der Waals surface area contributed by atoms with E-state index in [4.69, 9.17) is 4.74 Å². The van der Waals surface area contributed by atoms with Crippen LogP contribution in [0.2, 0.25) is 0 Å². The van der Waals surface area contributed by atoms with Crippen molar-refractivity contribution in [3.05, 3.63) is 65.2 Å². The Kier molecular flexibility index (Phi) is 5.03. The summed E-state index contributed by atoms with van der Waals surface area (Å²) in [7, 11) is 0. The number of amides is 1. The van der Waals surface area contributed by atoms with Crippen LogP contribution in [-0.4, -0.2) is 34.8 Å². The molecule has 5 heteroatoms. The fourth-order valence-corrected chi connectivity index (χ4v) is 4.21. The summed E-state index contributed by atoms with van der Waals surface area (Å²) in [6.07, 6.45) is 1.15. The Hall–Kier alpha value is -2.53. The first-order valence-electron chi connectivity index (χ1n) is 10.4. The molecule has 1 fully saturated rings. The number of fused-ring (bicyclic) bond motifs is 1. The van der Waals surface area contributed by atoms with Crippen molar-refractivity contribution in [2.45, 2.75) is 57.9 Å². The van der Waals surface area contributed by atoms with E-state index in [1.807, 2.05) is 51.1 Å². The quantitative estimate of drug-likeness (QED) is 0.819. The number of hydrogen-bond acceptors (Lipinski definition) is 4. The van der Waals surface area contributed by atoms with E-state index in [1.54, 1.807) is 4.90 Å². The smallest absolute Gasteiger partial charge is 0.410 e. The number of aliphatic hydroxyl groups is 1. The van der Waals surface area contributed by atoms with Gasteiger partial charge >= 0.3 is 6.09 Å². The van der Waals surface area contributed by atoms with Gasteiger partial charge in [0.05, 0.1) is 5.60 Å². The molecule has 2 aliphatic rings. The summed E-state index contributed by atoms with van der Waals surface area (Å²) in [5.74, 6) is 0. The number of benzene rings is 2. The highest BCUT2D eigenvalue weighted by molar-refractivity contribution is 5.70. The monoisotopic (exact) mass is 394 g/mol. The molecule has 4 rings (SSSR count). The lowest BCUT2D eigenvalue weighted by Crippen LogP contribution is -2.42. The molecule has 2 aromatic rings. The van der Waals surface area contributed by atoms with E-state index in [0.717, 1.165) is 24.3 Å². The van der Waals surface area contributed by atoms with Crippen LogP contribution in [0.5, 0.6) is 0 Å². The SMILES string of the molecule is CC(C)(C)OC(=O)N1Cc2ccc(N3CCC(O)(c4ccccc4)CC3)cc2C1. The van der Waals surface area contributed by atoms with E-state index < -0.39 is 11.2 Å². The Bertz CT molecular complexity index is 881. The van der Waals surface area contributed by atoms with Crippen LogP contribution in [0.1, 0.15) is 50.3 Å². The van der Waals surface area contributed by atoms with E-state index in [1.165, 1.54) is 11.1 Å². The molecule has 0 bridgehead atoms. The molecular formula is C24H30N2O3. The maximum atomic E-state index is 12.4. The summed E-state index contributed by atoms with van der Waals surface area (Å²) in [4.78, 5) is 16.5. The van der Waals surface area contributed by atoms with Crippen LogP contribution in [0.15, 0.2) is 48.5 Å². The molecule has 0 saturated carbocycles. The minimum absolute atomic E-state index is 0.263. The third-order valence-electron chi connectivity index (χ3n) is 5.83. The zero-order valence-corrected chi connectivity index (χ0v) is 17.5. The summed E-state index contributed by atoms with van der Waals surface area (Å²) < 4.78 is 5.51. The normalized spacial score (nSPS) is 18.5. The molecule has 154 valence electrons. The number of carbonyl (C=O) groups is 1. The van der Waals surface area contributed by atoms with E-state index in [9.17, 15) is 9.90 Å². The zero-order chi connectivity index (χ0) is 20.6. The van der Waals surface area contributed by atoms with Gasteiger partial charge in [-0.1, -0.05) is 36.4 Å². The second kappa shape index (κ2) is 7.38. The van der Waals surface area contributed by atoms with E-state index >= 15 is 0 Å². The van der Waals surface area contributed by atoms with Gasteiger partial charge in [0.25, 0.3) is 0 Å². The fourth-order valence-electron chi connectivity index (χ4n) is 4.21. The number of rotatable bonds is 2. The van der Waals surface area contributed by atoms with Crippen molar-refractivity contribution in [2.75, 3.05) is 18.0 Å². The summed E-state index contributed by atoms with van der Waals surface area (Å²) >= 11 is 0. The van der Waals surface area contributed by atoms with Crippen LogP contribution < -0.4 is 4.90 Å². The molecule has 2 heterocycles. The molecular weight excluding hydrogens is 364 g/mol. The first-order valence-corrected chi connectivity index (χ1v) is 10.4. The van der Waals surface area contributed by atoms with Crippen LogP contribution in [0.4, 0.5) is 10.5 Å². The molecule has 1 N–H and O–H groups in total.